The van der Waals surface area contributed by atoms with Gasteiger partial charge in [-0.05, 0) is 30.3 Å². The number of hydrogen-bond acceptors (Lipinski definition) is 5. The van der Waals surface area contributed by atoms with Gasteiger partial charge in [0.2, 0.25) is 10.0 Å². The maximum absolute atomic E-state index is 13.2. The molecule has 2 aromatic carbocycles. The van der Waals surface area contributed by atoms with Gasteiger partial charge in [-0.25, -0.2) is 13.4 Å². The first kappa shape index (κ1) is 19.5. The van der Waals surface area contributed by atoms with E-state index in [2.05, 4.69) is 9.97 Å². The van der Waals surface area contributed by atoms with Gasteiger partial charge in [-0.3, -0.25) is 4.79 Å². The number of benzene rings is 2. The molecule has 1 aliphatic heterocycles. The molecule has 1 N–H and O–H groups in total. The number of hydrogen-bond donors (Lipinski definition) is 1. The van der Waals surface area contributed by atoms with E-state index in [4.69, 9.17) is 4.42 Å². The molecule has 1 fully saturated rings. The van der Waals surface area contributed by atoms with Gasteiger partial charge in [-0.2, -0.15) is 4.31 Å². The number of carbonyl (C=O) groups is 1. The van der Waals surface area contributed by atoms with E-state index in [0.29, 0.717) is 29.9 Å². The van der Waals surface area contributed by atoms with Crippen LogP contribution in [-0.4, -0.2) is 59.7 Å². The molecule has 1 amide bonds. The molecule has 0 radical (unpaired) electrons. The minimum atomic E-state index is -3.69. The number of imidazole rings is 1. The molecule has 1 saturated heterocycles. The Kier molecular flexibility index (Phi) is 4.84. The third-order valence-corrected chi connectivity index (χ3v) is 7.29. The van der Waals surface area contributed by atoms with Crippen LogP contribution in [0, 0.1) is 0 Å². The van der Waals surface area contributed by atoms with Gasteiger partial charge in [0, 0.05) is 31.7 Å². The van der Waals surface area contributed by atoms with Gasteiger partial charge in [0.05, 0.1) is 22.2 Å². The van der Waals surface area contributed by atoms with Crippen molar-refractivity contribution in [3.63, 3.8) is 0 Å². The largest absolute Gasteiger partial charge is 0.459 e. The van der Waals surface area contributed by atoms with Gasteiger partial charge in [-0.15, -0.1) is 0 Å². The Bertz CT molecular complexity index is 1320. The molecule has 0 aliphatic carbocycles. The number of fused-ring (bicyclic) bond motifs is 1. The van der Waals surface area contributed by atoms with Crippen molar-refractivity contribution >= 4 is 27.0 Å². The third kappa shape index (κ3) is 3.62. The summed E-state index contributed by atoms with van der Waals surface area (Å²) in [5.74, 6) is 0.722. The number of aromatic amines is 1. The van der Waals surface area contributed by atoms with Crippen molar-refractivity contribution in [1.29, 1.82) is 0 Å². The Morgan fingerprint density at radius 3 is 2.45 bits per heavy atom. The topological polar surface area (TPSA) is 99.5 Å². The number of sulfonamides is 1. The predicted octanol–water partition coefficient (Wildman–Crippen LogP) is 2.97. The van der Waals surface area contributed by atoms with Gasteiger partial charge in [0.1, 0.15) is 5.82 Å². The van der Waals surface area contributed by atoms with Crippen molar-refractivity contribution in [2.45, 2.75) is 4.90 Å². The molecule has 0 atom stereocenters. The summed E-state index contributed by atoms with van der Waals surface area (Å²) < 4.78 is 32.9. The Labute approximate surface area is 179 Å². The number of H-pyrrole nitrogens is 1. The van der Waals surface area contributed by atoms with Crippen LogP contribution in [0.15, 0.2) is 76.2 Å². The summed E-state index contributed by atoms with van der Waals surface area (Å²) in [6.07, 6.45) is 1.45. The van der Waals surface area contributed by atoms with Gasteiger partial charge in [0.25, 0.3) is 5.91 Å². The monoisotopic (exact) mass is 436 g/mol. The SMILES string of the molecule is O=C(c1ccco1)N1CCN(S(=O)(=O)c2ccc3nc(-c4ccccc4)[nH]c3c2)CC1. The van der Waals surface area contributed by atoms with Crippen LogP contribution in [0.3, 0.4) is 0 Å². The highest BCUT2D eigenvalue weighted by atomic mass is 32.2. The van der Waals surface area contributed by atoms with E-state index < -0.39 is 10.0 Å². The van der Waals surface area contributed by atoms with Crippen LogP contribution >= 0.6 is 0 Å². The van der Waals surface area contributed by atoms with Crippen molar-refractivity contribution in [1.82, 2.24) is 19.2 Å². The number of nitrogens with zero attached hydrogens (tertiary/aromatic N) is 3. The Morgan fingerprint density at radius 2 is 1.74 bits per heavy atom. The molecule has 2 aromatic heterocycles. The van der Waals surface area contributed by atoms with Crippen molar-refractivity contribution in [3.05, 3.63) is 72.7 Å². The average Bonchev–Trinajstić information content (AvgIpc) is 3.49. The lowest BCUT2D eigenvalue weighted by atomic mass is 10.2. The molecular formula is C22H20N4O4S. The van der Waals surface area contributed by atoms with E-state index in [0.717, 1.165) is 5.56 Å². The molecular weight excluding hydrogens is 416 g/mol. The number of furan rings is 1. The molecule has 158 valence electrons. The average molecular weight is 436 g/mol. The second kappa shape index (κ2) is 7.68. The maximum Gasteiger partial charge on any atom is 0.289 e. The quantitative estimate of drug-likeness (QED) is 0.530. The fraction of sp³-hybridized carbons (Fsp3) is 0.182. The first-order valence-corrected chi connectivity index (χ1v) is 11.3. The summed E-state index contributed by atoms with van der Waals surface area (Å²) in [7, 11) is -3.69. The molecule has 0 bridgehead atoms. The van der Waals surface area contributed by atoms with Crippen LogP contribution in [-0.2, 0) is 10.0 Å². The standard InChI is InChI=1S/C22H20N4O4S/c27-22(20-7-4-14-30-20)25-10-12-26(13-11-25)31(28,29)17-8-9-18-19(15-17)24-21(23-18)16-5-2-1-3-6-16/h1-9,14-15H,10-13H2,(H,23,24). The molecule has 0 spiro atoms. The van der Waals surface area contributed by atoms with Crippen LogP contribution in [0.25, 0.3) is 22.4 Å². The lowest BCUT2D eigenvalue weighted by Gasteiger charge is -2.33. The zero-order valence-corrected chi connectivity index (χ0v) is 17.4. The zero-order valence-electron chi connectivity index (χ0n) is 16.6. The fourth-order valence-corrected chi connectivity index (χ4v) is 5.17. The van der Waals surface area contributed by atoms with Crippen LogP contribution in [0.5, 0.6) is 0 Å². The number of piperazine rings is 1. The van der Waals surface area contributed by atoms with Crippen molar-refractivity contribution in [3.8, 4) is 11.4 Å². The second-order valence-electron chi connectivity index (χ2n) is 7.30. The first-order chi connectivity index (χ1) is 15.0. The highest BCUT2D eigenvalue weighted by Gasteiger charge is 2.31. The maximum atomic E-state index is 13.2. The molecule has 3 heterocycles. The Morgan fingerprint density at radius 1 is 0.968 bits per heavy atom. The molecule has 31 heavy (non-hydrogen) atoms. The van der Waals surface area contributed by atoms with Gasteiger partial charge < -0.3 is 14.3 Å². The minimum absolute atomic E-state index is 0.203. The highest BCUT2D eigenvalue weighted by Crippen LogP contribution is 2.25. The van der Waals surface area contributed by atoms with Crippen molar-refractivity contribution < 1.29 is 17.6 Å². The van der Waals surface area contributed by atoms with Crippen LogP contribution in [0.2, 0.25) is 0 Å². The van der Waals surface area contributed by atoms with E-state index in [1.165, 1.54) is 10.6 Å². The summed E-state index contributed by atoms with van der Waals surface area (Å²) in [4.78, 5) is 22.0. The molecule has 5 rings (SSSR count). The molecule has 1 aliphatic rings. The molecule has 4 aromatic rings. The molecule has 8 nitrogen and oxygen atoms in total. The number of nitrogens with one attached hydrogen (secondary N) is 1. The molecule has 0 unspecified atom stereocenters. The van der Waals surface area contributed by atoms with E-state index in [1.807, 2.05) is 30.3 Å². The predicted molar refractivity (Wildman–Crippen MR) is 115 cm³/mol. The van der Waals surface area contributed by atoms with Gasteiger partial charge in [-0.1, -0.05) is 30.3 Å². The van der Waals surface area contributed by atoms with Crippen molar-refractivity contribution in [2.75, 3.05) is 26.2 Å². The normalized spacial score (nSPS) is 15.4. The van der Waals surface area contributed by atoms with E-state index in [9.17, 15) is 13.2 Å². The van der Waals surface area contributed by atoms with Crippen LogP contribution in [0.4, 0.5) is 0 Å². The lowest BCUT2D eigenvalue weighted by Crippen LogP contribution is -2.50. The lowest BCUT2D eigenvalue weighted by molar-refractivity contribution is 0.0666. The summed E-state index contributed by atoms with van der Waals surface area (Å²) in [6.45, 7) is 1.07. The fourth-order valence-electron chi connectivity index (χ4n) is 3.72. The Balaban J connectivity index is 1.35. The van der Waals surface area contributed by atoms with E-state index in [-0.39, 0.29) is 29.7 Å². The number of rotatable bonds is 4. The smallest absolute Gasteiger partial charge is 0.289 e. The molecule has 0 saturated carbocycles. The van der Waals surface area contributed by atoms with Gasteiger partial charge >= 0.3 is 0 Å². The van der Waals surface area contributed by atoms with Crippen molar-refractivity contribution in [2.24, 2.45) is 0 Å². The number of aromatic nitrogens is 2. The summed E-state index contributed by atoms with van der Waals surface area (Å²) in [6, 6.07) is 17.8. The first-order valence-electron chi connectivity index (χ1n) is 9.90. The van der Waals surface area contributed by atoms with E-state index in [1.54, 1.807) is 35.2 Å². The minimum Gasteiger partial charge on any atom is -0.459 e. The number of carbonyl (C=O) groups excluding carboxylic acids is 1. The zero-order chi connectivity index (χ0) is 21.4. The highest BCUT2D eigenvalue weighted by molar-refractivity contribution is 7.89. The second-order valence-corrected chi connectivity index (χ2v) is 9.24. The summed E-state index contributed by atoms with van der Waals surface area (Å²) in [5.41, 5.74) is 2.29. The number of amides is 1. The van der Waals surface area contributed by atoms with E-state index >= 15 is 0 Å². The third-order valence-electron chi connectivity index (χ3n) is 5.40. The summed E-state index contributed by atoms with van der Waals surface area (Å²) >= 11 is 0. The molecule has 9 heteroatoms. The Hall–Kier alpha value is -3.43. The van der Waals surface area contributed by atoms with Crippen LogP contribution in [0.1, 0.15) is 10.6 Å². The summed E-state index contributed by atoms with van der Waals surface area (Å²) in [5, 5.41) is 0. The van der Waals surface area contributed by atoms with Crippen LogP contribution < -0.4 is 0 Å². The van der Waals surface area contributed by atoms with Gasteiger partial charge in [0.15, 0.2) is 5.76 Å².